The first kappa shape index (κ1) is 31.6. The minimum Gasteiger partial charge on any atom is -0.465 e. The maximum Gasteiger partial charge on any atom is 0.435 e. The molecule has 1 fully saturated rings. The summed E-state index contributed by atoms with van der Waals surface area (Å²) >= 11 is 0. The number of alkyl halides is 6. The molecular weight excluding hydrogens is 604 g/mol. The Hall–Kier alpha value is -4.85. The van der Waals surface area contributed by atoms with Gasteiger partial charge in [-0.15, -0.1) is 0 Å². The Labute approximate surface area is 253 Å². The summed E-state index contributed by atoms with van der Waals surface area (Å²) in [5.41, 5.74) is -2.12. The summed E-state index contributed by atoms with van der Waals surface area (Å²) in [6, 6.07) is 18.7. The lowest BCUT2D eigenvalue weighted by Crippen LogP contribution is -2.44. The van der Waals surface area contributed by atoms with Crippen LogP contribution in [0.1, 0.15) is 51.9 Å². The topological polar surface area (TPSA) is 99.5 Å². The molecule has 0 aliphatic heterocycles. The van der Waals surface area contributed by atoms with Crippen LogP contribution in [0.2, 0.25) is 0 Å². The highest BCUT2D eigenvalue weighted by Crippen LogP contribution is 2.36. The molecule has 0 bridgehead atoms. The number of para-hydroxylation sites is 1. The number of amides is 2. The number of carboxylic acid groups (broad SMARTS) is 1. The summed E-state index contributed by atoms with van der Waals surface area (Å²) < 4.78 is 83.9. The molecule has 0 radical (unpaired) electrons. The molecule has 1 unspecified atom stereocenters. The van der Waals surface area contributed by atoms with Crippen molar-refractivity contribution in [1.29, 1.82) is 0 Å². The molecule has 1 aromatic heterocycles. The van der Waals surface area contributed by atoms with Gasteiger partial charge in [0, 0.05) is 24.8 Å². The summed E-state index contributed by atoms with van der Waals surface area (Å²) in [7, 11) is 0. The van der Waals surface area contributed by atoms with Crippen LogP contribution in [0.4, 0.5) is 36.8 Å². The molecule has 0 spiro atoms. The van der Waals surface area contributed by atoms with E-state index in [9.17, 15) is 35.9 Å². The van der Waals surface area contributed by atoms with Crippen molar-refractivity contribution in [3.8, 4) is 5.69 Å². The Kier molecular flexibility index (Phi) is 8.87. The standard InChI is InChI=1S/C31H27F6N5O3/c32-30(33,34)22-8-5-7-21(15-22)27(38-17-19-12-13-19)41(23-9-2-1-3-10-23)28(43)25-16-26(31(35,36)37)40-42(25)24-11-4-6-20(14-24)18-39-29(44)45/h1-11,14-16,19,27,38-39H,12-13,17-18H2,(H,44,45). The first-order chi connectivity index (χ1) is 21.3. The zero-order valence-electron chi connectivity index (χ0n) is 23.4. The minimum absolute atomic E-state index is 0.0353. The number of hydrogen-bond acceptors (Lipinski definition) is 4. The molecule has 4 aromatic rings. The lowest BCUT2D eigenvalue weighted by atomic mass is 10.1. The van der Waals surface area contributed by atoms with Gasteiger partial charge in [-0.05, 0) is 66.3 Å². The van der Waals surface area contributed by atoms with Crippen LogP contribution >= 0.6 is 0 Å². The molecule has 5 rings (SSSR count). The molecule has 14 heteroatoms. The quantitative estimate of drug-likeness (QED) is 0.129. The number of nitrogens with one attached hydrogen (secondary N) is 2. The third-order valence-electron chi connectivity index (χ3n) is 7.16. The maximum absolute atomic E-state index is 14.5. The monoisotopic (exact) mass is 631 g/mol. The average Bonchev–Trinajstić information content (AvgIpc) is 3.71. The molecule has 1 aliphatic rings. The van der Waals surface area contributed by atoms with E-state index in [1.54, 1.807) is 18.2 Å². The molecule has 1 atom stereocenters. The molecule has 1 aliphatic carbocycles. The van der Waals surface area contributed by atoms with Crippen LogP contribution in [0.3, 0.4) is 0 Å². The Morgan fingerprint density at radius 2 is 1.62 bits per heavy atom. The van der Waals surface area contributed by atoms with Gasteiger partial charge in [-0.25, -0.2) is 9.48 Å². The van der Waals surface area contributed by atoms with Gasteiger partial charge in [0.1, 0.15) is 11.9 Å². The Morgan fingerprint density at radius 3 is 2.27 bits per heavy atom. The van der Waals surface area contributed by atoms with Crippen molar-refractivity contribution in [3.63, 3.8) is 0 Å². The second-order valence-corrected chi connectivity index (χ2v) is 10.5. The van der Waals surface area contributed by atoms with Gasteiger partial charge >= 0.3 is 18.4 Å². The van der Waals surface area contributed by atoms with Gasteiger partial charge < -0.3 is 10.4 Å². The van der Waals surface area contributed by atoms with E-state index in [1.807, 2.05) is 0 Å². The molecule has 8 nitrogen and oxygen atoms in total. The second kappa shape index (κ2) is 12.6. The summed E-state index contributed by atoms with van der Waals surface area (Å²) in [5, 5.41) is 18.0. The highest BCUT2D eigenvalue weighted by molar-refractivity contribution is 6.06. The summed E-state index contributed by atoms with van der Waals surface area (Å²) in [6.07, 6.45) is -10.4. The van der Waals surface area contributed by atoms with Gasteiger partial charge in [0.2, 0.25) is 0 Å². The molecular formula is C31H27F6N5O3. The maximum atomic E-state index is 14.5. The Morgan fingerprint density at radius 1 is 0.911 bits per heavy atom. The van der Waals surface area contributed by atoms with Crippen molar-refractivity contribution in [2.24, 2.45) is 5.92 Å². The third-order valence-corrected chi connectivity index (χ3v) is 7.16. The van der Waals surface area contributed by atoms with Crippen molar-refractivity contribution in [2.45, 2.75) is 37.9 Å². The molecule has 1 saturated carbocycles. The van der Waals surface area contributed by atoms with Gasteiger partial charge in [-0.3, -0.25) is 15.0 Å². The number of anilines is 1. The van der Waals surface area contributed by atoms with Crippen LogP contribution in [0.25, 0.3) is 5.69 Å². The molecule has 1 heterocycles. The smallest absolute Gasteiger partial charge is 0.435 e. The van der Waals surface area contributed by atoms with Gasteiger partial charge in [-0.2, -0.15) is 31.4 Å². The molecule has 0 saturated heterocycles. The fraction of sp³-hybridized carbons (Fsp3) is 0.258. The van der Waals surface area contributed by atoms with E-state index in [-0.39, 0.29) is 29.4 Å². The summed E-state index contributed by atoms with van der Waals surface area (Å²) in [5.74, 6) is -0.737. The first-order valence-electron chi connectivity index (χ1n) is 13.8. The van der Waals surface area contributed by atoms with Crippen LogP contribution in [-0.4, -0.2) is 33.4 Å². The fourth-order valence-corrected chi connectivity index (χ4v) is 4.78. The highest BCUT2D eigenvalue weighted by atomic mass is 19.4. The first-order valence-corrected chi connectivity index (χ1v) is 13.8. The Balaban J connectivity index is 1.66. The largest absolute Gasteiger partial charge is 0.465 e. The summed E-state index contributed by atoms with van der Waals surface area (Å²) in [4.78, 5) is 26.6. The van der Waals surface area contributed by atoms with Gasteiger partial charge in [0.05, 0.1) is 11.3 Å². The predicted octanol–water partition coefficient (Wildman–Crippen LogP) is 7.02. The normalized spacial score (nSPS) is 14.2. The van der Waals surface area contributed by atoms with E-state index < -0.39 is 47.5 Å². The average molecular weight is 632 g/mol. The van der Waals surface area contributed by atoms with Crippen LogP contribution in [0, 0.1) is 5.92 Å². The van der Waals surface area contributed by atoms with Crippen molar-refractivity contribution < 1.29 is 41.0 Å². The van der Waals surface area contributed by atoms with Crippen molar-refractivity contribution in [2.75, 3.05) is 11.4 Å². The van der Waals surface area contributed by atoms with Crippen molar-refractivity contribution in [3.05, 3.63) is 113 Å². The van der Waals surface area contributed by atoms with Crippen LogP contribution in [-0.2, 0) is 18.9 Å². The number of hydrogen-bond donors (Lipinski definition) is 3. The molecule has 3 aromatic carbocycles. The number of benzene rings is 3. The molecule has 45 heavy (non-hydrogen) atoms. The number of nitrogens with zero attached hydrogens (tertiary/aromatic N) is 3. The lowest BCUT2D eigenvalue weighted by Gasteiger charge is -2.33. The van der Waals surface area contributed by atoms with Crippen molar-refractivity contribution in [1.82, 2.24) is 20.4 Å². The zero-order valence-corrected chi connectivity index (χ0v) is 23.4. The number of carbonyl (C=O) groups excluding carboxylic acids is 1. The van der Waals surface area contributed by atoms with Crippen LogP contribution in [0.15, 0.2) is 84.9 Å². The van der Waals surface area contributed by atoms with E-state index in [0.29, 0.717) is 18.2 Å². The van der Waals surface area contributed by atoms with Gasteiger partial charge in [-0.1, -0.05) is 42.5 Å². The summed E-state index contributed by atoms with van der Waals surface area (Å²) in [6.45, 7) is 0.182. The third kappa shape index (κ3) is 7.63. The van der Waals surface area contributed by atoms with Gasteiger partial charge in [0.15, 0.2) is 5.69 Å². The number of carbonyl (C=O) groups is 2. The SMILES string of the molecule is O=C(O)NCc1cccc(-n2nc(C(F)(F)F)cc2C(=O)N(c2ccccc2)C(NCC2CC2)c2cccc(C(F)(F)F)c2)c1. The fourth-order valence-electron chi connectivity index (χ4n) is 4.78. The van der Waals surface area contributed by atoms with E-state index in [0.717, 1.165) is 34.6 Å². The van der Waals surface area contributed by atoms with E-state index >= 15 is 0 Å². The lowest BCUT2D eigenvalue weighted by molar-refractivity contribution is -0.141. The van der Waals surface area contributed by atoms with Crippen molar-refractivity contribution >= 4 is 17.7 Å². The van der Waals surface area contributed by atoms with E-state index in [4.69, 9.17) is 5.11 Å². The number of rotatable bonds is 10. The molecule has 2 amide bonds. The van der Waals surface area contributed by atoms with Crippen LogP contribution < -0.4 is 15.5 Å². The van der Waals surface area contributed by atoms with Crippen LogP contribution in [0.5, 0.6) is 0 Å². The molecule has 236 valence electrons. The predicted molar refractivity (Wildman–Crippen MR) is 152 cm³/mol. The minimum atomic E-state index is -4.94. The second-order valence-electron chi connectivity index (χ2n) is 10.5. The number of halogens is 6. The Bertz CT molecular complexity index is 1670. The van der Waals surface area contributed by atoms with E-state index in [2.05, 4.69) is 15.7 Å². The van der Waals surface area contributed by atoms with Gasteiger partial charge in [0.25, 0.3) is 5.91 Å². The zero-order chi connectivity index (χ0) is 32.4. The van der Waals surface area contributed by atoms with E-state index in [1.165, 1.54) is 48.5 Å². The molecule has 3 N–H and O–H groups in total. The highest BCUT2D eigenvalue weighted by Gasteiger charge is 2.39. The number of aromatic nitrogens is 2.